The zero-order valence-corrected chi connectivity index (χ0v) is 22.1. The van der Waals surface area contributed by atoms with Gasteiger partial charge >= 0.3 is 0 Å². The number of benzene rings is 1. The third-order valence-electron chi connectivity index (χ3n) is 6.28. The molecule has 35 heavy (non-hydrogen) atoms. The van der Waals surface area contributed by atoms with Crippen LogP contribution in [0.15, 0.2) is 53.2 Å². The van der Waals surface area contributed by atoms with Crippen LogP contribution in [0.1, 0.15) is 51.5 Å². The summed E-state index contributed by atoms with van der Waals surface area (Å²) in [5.41, 5.74) is 2.40. The summed E-state index contributed by atoms with van der Waals surface area (Å²) in [5, 5.41) is 3.95. The smallest absolute Gasteiger partial charge is 0.264 e. The van der Waals surface area contributed by atoms with E-state index in [0.29, 0.717) is 37.1 Å². The van der Waals surface area contributed by atoms with Gasteiger partial charge in [0, 0.05) is 25.1 Å². The van der Waals surface area contributed by atoms with Crippen molar-refractivity contribution in [3.63, 3.8) is 0 Å². The van der Waals surface area contributed by atoms with Crippen LogP contribution in [0.4, 0.5) is 0 Å². The summed E-state index contributed by atoms with van der Waals surface area (Å²) in [4.78, 5) is 32.0. The molecule has 3 heterocycles. The van der Waals surface area contributed by atoms with Crippen LogP contribution in [0, 0.1) is 0 Å². The number of fused-ring (bicyclic) bond motifs is 1. The van der Waals surface area contributed by atoms with Gasteiger partial charge in [-0.05, 0) is 58.5 Å². The first-order valence-electron chi connectivity index (χ1n) is 11.9. The van der Waals surface area contributed by atoms with Gasteiger partial charge < -0.3 is 19.3 Å². The Morgan fingerprint density at radius 2 is 1.91 bits per heavy atom. The standard InChI is InChI=1S/C27H32N2O4S2/c1-19(2)20-6-8-21(9-7-20)33-18-23-22-11-16-35-24(22)10-12-29(23)26(30)17-28(13-14-32-3)27(31)25-5-4-15-34-25/h4-9,11,15-16,19,23H,10,12-14,17-18H2,1-3H3/t23-/m0/s1. The lowest BCUT2D eigenvalue weighted by molar-refractivity contribution is -0.135. The molecule has 186 valence electrons. The third-order valence-corrected chi connectivity index (χ3v) is 8.13. The van der Waals surface area contributed by atoms with E-state index in [1.54, 1.807) is 29.4 Å². The summed E-state index contributed by atoms with van der Waals surface area (Å²) in [5.74, 6) is 1.03. The molecule has 0 N–H and O–H groups in total. The maximum absolute atomic E-state index is 13.6. The van der Waals surface area contributed by atoms with E-state index in [4.69, 9.17) is 9.47 Å². The Kier molecular flexibility index (Phi) is 8.59. The molecule has 8 heteroatoms. The summed E-state index contributed by atoms with van der Waals surface area (Å²) in [6.45, 7) is 6.06. The van der Waals surface area contributed by atoms with Crippen molar-refractivity contribution >= 4 is 34.5 Å². The summed E-state index contributed by atoms with van der Waals surface area (Å²) < 4.78 is 11.4. The van der Waals surface area contributed by atoms with E-state index in [2.05, 4.69) is 37.4 Å². The van der Waals surface area contributed by atoms with Crippen molar-refractivity contribution in [2.45, 2.75) is 32.2 Å². The number of hydrogen-bond acceptors (Lipinski definition) is 6. The predicted molar refractivity (Wildman–Crippen MR) is 141 cm³/mol. The Bertz CT molecular complexity index is 1110. The first-order valence-corrected chi connectivity index (χ1v) is 13.6. The number of hydrogen-bond donors (Lipinski definition) is 0. The Balaban J connectivity index is 1.49. The Morgan fingerprint density at radius 1 is 1.11 bits per heavy atom. The molecule has 2 amide bonds. The van der Waals surface area contributed by atoms with Crippen LogP contribution in [-0.4, -0.2) is 61.6 Å². The van der Waals surface area contributed by atoms with Crippen molar-refractivity contribution in [2.24, 2.45) is 0 Å². The van der Waals surface area contributed by atoms with Gasteiger partial charge in [0.05, 0.1) is 17.5 Å². The number of methoxy groups -OCH3 is 1. The molecule has 0 fully saturated rings. The highest BCUT2D eigenvalue weighted by molar-refractivity contribution is 7.12. The molecule has 0 bridgehead atoms. The molecule has 6 nitrogen and oxygen atoms in total. The van der Waals surface area contributed by atoms with Gasteiger partial charge in [-0.25, -0.2) is 0 Å². The molecule has 3 aromatic rings. The van der Waals surface area contributed by atoms with Gasteiger partial charge in [-0.1, -0.05) is 32.0 Å². The maximum Gasteiger partial charge on any atom is 0.264 e. The van der Waals surface area contributed by atoms with Gasteiger partial charge in [-0.3, -0.25) is 9.59 Å². The zero-order valence-electron chi connectivity index (χ0n) is 20.4. The van der Waals surface area contributed by atoms with E-state index in [9.17, 15) is 9.59 Å². The van der Waals surface area contributed by atoms with E-state index in [1.807, 2.05) is 28.5 Å². The van der Waals surface area contributed by atoms with Crippen LogP contribution in [-0.2, 0) is 16.0 Å². The number of carbonyl (C=O) groups excluding carboxylic acids is 2. The Morgan fingerprint density at radius 3 is 2.60 bits per heavy atom. The molecular formula is C27H32N2O4S2. The molecule has 0 saturated carbocycles. The molecule has 0 spiro atoms. The minimum absolute atomic E-state index is 0.0130. The minimum Gasteiger partial charge on any atom is -0.491 e. The number of ether oxygens (including phenoxy) is 2. The van der Waals surface area contributed by atoms with Crippen molar-refractivity contribution in [2.75, 3.05) is 40.0 Å². The lowest BCUT2D eigenvalue weighted by Crippen LogP contribution is -2.48. The lowest BCUT2D eigenvalue weighted by atomic mass is 10.00. The highest BCUT2D eigenvalue weighted by Crippen LogP contribution is 2.34. The Hall–Kier alpha value is -2.68. The summed E-state index contributed by atoms with van der Waals surface area (Å²) in [7, 11) is 1.60. The van der Waals surface area contributed by atoms with Crippen LogP contribution in [0.25, 0.3) is 0 Å². The van der Waals surface area contributed by atoms with Crippen LogP contribution in [0.3, 0.4) is 0 Å². The number of amides is 2. The molecule has 1 aromatic carbocycles. The molecule has 1 aliphatic heterocycles. The fourth-order valence-corrected chi connectivity index (χ4v) is 5.88. The van der Waals surface area contributed by atoms with Gasteiger partial charge in [0.2, 0.25) is 5.91 Å². The molecular weight excluding hydrogens is 480 g/mol. The van der Waals surface area contributed by atoms with Crippen molar-refractivity contribution in [1.29, 1.82) is 0 Å². The fourth-order valence-electron chi connectivity index (χ4n) is 4.26. The lowest BCUT2D eigenvalue weighted by Gasteiger charge is -2.37. The van der Waals surface area contributed by atoms with Crippen molar-refractivity contribution in [3.05, 3.63) is 74.1 Å². The van der Waals surface area contributed by atoms with Crippen LogP contribution in [0.2, 0.25) is 0 Å². The second kappa shape index (κ2) is 11.8. The zero-order chi connectivity index (χ0) is 24.8. The molecule has 0 unspecified atom stereocenters. The molecule has 4 rings (SSSR count). The normalized spacial score (nSPS) is 15.2. The Labute approximate surface area is 215 Å². The second-order valence-corrected chi connectivity index (χ2v) is 10.8. The third kappa shape index (κ3) is 6.12. The number of nitrogens with zero attached hydrogens (tertiary/aromatic N) is 2. The average molecular weight is 513 g/mol. The minimum atomic E-state index is -0.191. The molecule has 0 radical (unpaired) electrons. The highest BCUT2D eigenvalue weighted by atomic mass is 32.1. The first-order chi connectivity index (χ1) is 17.0. The molecule has 0 saturated heterocycles. The predicted octanol–water partition coefficient (Wildman–Crippen LogP) is 5.23. The van der Waals surface area contributed by atoms with E-state index < -0.39 is 0 Å². The average Bonchev–Trinajstić information content (AvgIpc) is 3.57. The van der Waals surface area contributed by atoms with Crippen LogP contribution >= 0.6 is 22.7 Å². The molecule has 0 aliphatic carbocycles. The van der Waals surface area contributed by atoms with Gasteiger partial charge in [0.1, 0.15) is 18.9 Å². The van der Waals surface area contributed by atoms with E-state index in [1.165, 1.54) is 21.8 Å². The van der Waals surface area contributed by atoms with Crippen molar-refractivity contribution < 1.29 is 19.1 Å². The van der Waals surface area contributed by atoms with E-state index in [-0.39, 0.29) is 24.4 Å². The summed E-state index contributed by atoms with van der Waals surface area (Å²) in [6, 6.07) is 13.7. The number of thiophene rings is 2. The van der Waals surface area contributed by atoms with Gasteiger partial charge in [-0.2, -0.15) is 0 Å². The van der Waals surface area contributed by atoms with Gasteiger partial charge in [0.15, 0.2) is 0 Å². The summed E-state index contributed by atoms with van der Waals surface area (Å²) in [6.07, 6.45) is 0.815. The topological polar surface area (TPSA) is 59.1 Å². The van der Waals surface area contributed by atoms with Crippen LogP contribution in [0.5, 0.6) is 5.75 Å². The second-order valence-electron chi connectivity index (χ2n) is 8.88. The monoisotopic (exact) mass is 512 g/mol. The van der Waals surface area contributed by atoms with Crippen molar-refractivity contribution in [3.8, 4) is 5.75 Å². The first kappa shape index (κ1) is 25.4. The molecule has 2 aromatic heterocycles. The largest absolute Gasteiger partial charge is 0.491 e. The number of rotatable bonds is 10. The fraction of sp³-hybridized carbons (Fsp3) is 0.407. The van der Waals surface area contributed by atoms with Crippen LogP contribution < -0.4 is 4.74 Å². The molecule has 1 aliphatic rings. The molecule has 1 atom stereocenters. The van der Waals surface area contributed by atoms with Gasteiger partial charge in [0.25, 0.3) is 5.91 Å². The maximum atomic E-state index is 13.6. The van der Waals surface area contributed by atoms with E-state index >= 15 is 0 Å². The van der Waals surface area contributed by atoms with Crippen molar-refractivity contribution in [1.82, 2.24) is 9.80 Å². The quantitative estimate of drug-likeness (QED) is 0.373. The van der Waals surface area contributed by atoms with E-state index in [0.717, 1.165) is 17.7 Å². The van der Waals surface area contributed by atoms with Gasteiger partial charge in [-0.15, -0.1) is 22.7 Å². The number of carbonyl (C=O) groups is 2. The SMILES string of the molecule is COCCN(CC(=O)N1CCc2sccc2[C@@H]1COc1ccc(C(C)C)cc1)C(=O)c1cccs1. The highest BCUT2D eigenvalue weighted by Gasteiger charge is 2.33. The summed E-state index contributed by atoms with van der Waals surface area (Å²) >= 11 is 3.11.